The van der Waals surface area contributed by atoms with E-state index in [0.29, 0.717) is 10.0 Å². The van der Waals surface area contributed by atoms with Crippen LogP contribution in [-0.4, -0.2) is 9.13 Å². The molecule has 0 saturated carbocycles. The van der Waals surface area contributed by atoms with Gasteiger partial charge in [0, 0.05) is 6.07 Å². The van der Waals surface area contributed by atoms with Gasteiger partial charge in [0.1, 0.15) is 10.0 Å². The molecule has 1 atom stereocenters. The van der Waals surface area contributed by atoms with E-state index < -0.39 is 14.9 Å². The van der Waals surface area contributed by atoms with Crippen LogP contribution in [0.15, 0.2) is 22.7 Å². The van der Waals surface area contributed by atoms with E-state index in [1.165, 1.54) is 12.1 Å². The van der Waals surface area contributed by atoms with Crippen LogP contribution < -0.4 is 0 Å². The predicted octanol–water partition coefficient (Wildman–Crippen LogP) is 2.76. The summed E-state index contributed by atoms with van der Waals surface area (Å²) in [5.74, 6) is 0.107. The van der Waals surface area contributed by atoms with Crippen LogP contribution in [0.5, 0.6) is 0 Å². The third-order valence-corrected chi connectivity index (χ3v) is 3.05. The maximum Gasteiger partial charge on any atom is 0.283 e. The smallest absolute Gasteiger partial charge is 0.258 e. The number of nitro benzene ring substituents is 1. The highest BCUT2D eigenvalue weighted by atomic mass is 79.9. The SMILES string of the molecule is O=[N+]([O-])c1cc(CS(=O)Cl)ccc1Br. The zero-order valence-electron chi connectivity index (χ0n) is 6.78. The number of hydrogen-bond donors (Lipinski definition) is 0. The van der Waals surface area contributed by atoms with Crippen molar-refractivity contribution in [2.24, 2.45) is 0 Å². The zero-order chi connectivity index (χ0) is 10.7. The van der Waals surface area contributed by atoms with E-state index in [4.69, 9.17) is 10.7 Å². The van der Waals surface area contributed by atoms with Crippen molar-refractivity contribution in [1.29, 1.82) is 0 Å². The second-order valence-electron chi connectivity index (χ2n) is 2.48. The molecule has 76 valence electrons. The maximum atomic E-state index is 10.7. The van der Waals surface area contributed by atoms with Gasteiger partial charge in [-0.25, -0.2) is 4.21 Å². The van der Waals surface area contributed by atoms with Gasteiger partial charge in [-0.2, -0.15) is 0 Å². The first kappa shape index (κ1) is 11.6. The number of nitro groups is 1. The lowest BCUT2D eigenvalue weighted by Gasteiger charge is -1.99. The molecule has 0 amide bonds. The third kappa shape index (κ3) is 3.04. The van der Waals surface area contributed by atoms with Gasteiger partial charge in [-0.15, -0.1) is 0 Å². The van der Waals surface area contributed by atoms with Crippen molar-refractivity contribution in [2.45, 2.75) is 5.75 Å². The van der Waals surface area contributed by atoms with Gasteiger partial charge >= 0.3 is 0 Å². The van der Waals surface area contributed by atoms with Crippen LogP contribution in [0.2, 0.25) is 0 Å². The minimum absolute atomic E-state index is 0.0513. The second kappa shape index (κ2) is 4.86. The standard InChI is InChI=1S/C7H5BrClNO3S/c8-6-2-1-5(4-14(9)13)3-7(6)10(11)12/h1-3H,4H2. The van der Waals surface area contributed by atoms with Gasteiger partial charge in [0.2, 0.25) is 0 Å². The Labute approximate surface area is 95.5 Å². The molecule has 0 fully saturated rings. The molecular formula is C7H5BrClNO3S. The van der Waals surface area contributed by atoms with E-state index in [9.17, 15) is 14.3 Å². The maximum absolute atomic E-state index is 10.7. The van der Waals surface area contributed by atoms with Crippen molar-refractivity contribution in [1.82, 2.24) is 0 Å². The summed E-state index contributed by atoms with van der Waals surface area (Å²) in [5.41, 5.74) is 0.526. The van der Waals surface area contributed by atoms with Gasteiger partial charge in [-0.1, -0.05) is 6.07 Å². The van der Waals surface area contributed by atoms with Gasteiger partial charge in [0.05, 0.1) is 15.1 Å². The van der Waals surface area contributed by atoms with E-state index in [2.05, 4.69) is 15.9 Å². The summed E-state index contributed by atoms with van der Waals surface area (Å²) in [6.45, 7) is 0. The lowest BCUT2D eigenvalue weighted by Crippen LogP contribution is -1.93. The van der Waals surface area contributed by atoms with Gasteiger partial charge in [0.15, 0.2) is 0 Å². The number of halogens is 2. The normalized spacial score (nSPS) is 12.4. The summed E-state index contributed by atoms with van der Waals surface area (Å²) in [5, 5.41) is 10.5. The Morgan fingerprint density at radius 3 is 2.71 bits per heavy atom. The van der Waals surface area contributed by atoms with E-state index in [1.807, 2.05) is 0 Å². The lowest BCUT2D eigenvalue weighted by molar-refractivity contribution is -0.385. The van der Waals surface area contributed by atoms with Crippen LogP contribution in [-0.2, 0) is 15.8 Å². The molecule has 0 aliphatic carbocycles. The average Bonchev–Trinajstić information content (AvgIpc) is 2.07. The third-order valence-electron chi connectivity index (χ3n) is 1.49. The molecule has 0 aromatic heterocycles. The molecule has 0 aliphatic heterocycles. The van der Waals surface area contributed by atoms with E-state index in [0.717, 1.165) is 0 Å². The highest BCUT2D eigenvalue weighted by Crippen LogP contribution is 2.26. The molecule has 0 N–H and O–H groups in total. The Hall–Kier alpha value is -0.460. The summed E-state index contributed by atoms with van der Waals surface area (Å²) in [7, 11) is 3.76. The monoisotopic (exact) mass is 297 g/mol. The fourth-order valence-corrected chi connectivity index (χ4v) is 2.13. The highest BCUT2D eigenvalue weighted by molar-refractivity contribution is 9.10. The molecule has 1 aromatic rings. The minimum atomic E-state index is -1.51. The molecule has 7 heteroatoms. The van der Waals surface area contributed by atoms with Crippen LogP contribution >= 0.6 is 26.6 Å². The van der Waals surface area contributed by atoms with Crippen LogP contribution in [0.4, 0.5) is 5.69 Å². The Morgan fingerprint density at radius 1 is 1.57 bits per heavy atom. The van der Waals surface area contributed by atoms with Crippen LogP contribution in [0.25, 0.3) is 0 Å². The largest absolute Gasteiger partial charge is 0.283 e. The van der Waals surface area contributed by atoms with Crippen LogP contribution in [0.3, 0.4) is 0 Å². The molecule has 1 rings (SSSR count). The highest BCUT2D eigenvalue weighted by Gasteiger charge is 2.12. The van der Waals surface area contributed by atoms with Crippen molar-refractivity contribution in [3.05, 3.63) is 38.3 Å². The average molecular weight is 299 g/mol. The van der Waals surface area contributed by atoms with Crippen molar-refractivity contribution in [3.8, 4) is 0 Å². The molecule has 0 bridgehead atoms. The van der Waals surface area contributed by atoms with E-state index >= 15 is 0 Å². The molecule has 0 saturated heterocycles. The van der Waals surface area contributed by atoms with E-state index in [-0.39, 0.29) is 11.4 Å². The topological polar surface area (TPSA) is 60.2 Å². The molecule has 4 nitrogen and oxygen atoms in total. The number of nitrogens with zero attached hydrogens (tertiary/aromatic N) is 1. The molecule has 0 spiro atoms. The Bertz CT molecular complexity index is 399. The zero-order valence-corrected chi connectivity index (χ0v) is 9.93. The number of benzene rings is 1. The fraction of sp³-hybridized carbons (Fsp3) is 0.143. The molecular weight excluding hydrogens is 294 g/mol. The lowest BCUT2D eigenvalue weighted by atomic mass is 10.2. The van der Waals surface area contributed by atoms with Crippen LogP contribution in [0, 0.1) is 10.1 Å². The quantitative estimate of drug-likeness (QED) is 0.490. The van der Waals surface area contributed by atoms with Gasteiger partial charge in [-0.3, -0.25) is 10.1 Å². The summed E-state index contributed by atoms with van der Waals surface area (Å²) >= 11 is 3.05. The summed E-state index contributed by atoms with van der Waals surface area (Å²) in [4.78, 5) is 10.0. The molecule has 14 heavy (non-hydrogen) atoms. The van der Waals surface area contributed by atoms with Gasteiger partial charge in [0.25, 0.3) is 5.69 Å². The Morgan fingerprint density at radius 2 is 2.21 bits per heavy atom. The Kier molecular flexibility index (Phi) is 4.03. The molecule has 0 radical (unpaired) electrons. The number of rotatable bonds is 3. The minimum Gasteiger partial charge on any atom is -0.258 e. The molecule has 0 aliphatic rings. The van der Waals surface area contributed by atoms with Crippen molar-refractivity contribution >= 4 is 42.3 Å². The van der Waals surface area contributed by atoms with E-state index in [1.54, 1.807) is 6.07 Å². The second-order valence-corrected chi connectivity index (χ2v) is 5.23. The fourth-order valence-electron chi connectivity index (χ4n) is 0.919. The van der Waals surface area contributed by atoms with Gasteiger partial charge in [-0.05, 0) is 38.2 Å². The predicted molar refractivity (Wildman–Crippen MR) is 58.5 cm³/mol. The van der Waals surface area contributed by atoms with Crippen molar-refractivity contribution in [2.75, 3.05) is 0 Å². The molecule has 1 unspecified atom stereocenters. The van der Waals surface area contributed by atoms with Crippen LogP contribution in [0.1, 0.15) is 5.56 Å². The first-order chi connectivity index (χ1) is 6.50. The summed E-state index contributed by atoms with van der Waals surface area (Å²) < 4.78 is 11.1. The van der Waals surface area contributed by atoms with Crippen molar-refractivity contribution < 1.29 is 9.13 Å². The molecule has 0 heterocycles. The number of hydrogen-bond acceptors (Lipinski definition) is 3. The molecule has 1 aromatic carbocycles. The van der Waals surface area contributed by atoms with Gasteiger partial charge < -0.3 is 0 Å². The van der Waals surface area contributed by atoms with Crippen molar-refractivity contribution in [3.63, 3.8) is 0 Å². The first-order valence-electron chi connectivity index (χ1n) is 3.48. The Balaban J connectivity index is 3.06. The first-order valence-corrected chi connectivity index (χ1v) is 6.42. The summed E-state index contributed by atoms with van der Waals surface area (Å²) in [6.07, 6.45) is 0. The summed E-state index contributed by atoms with van der Waals surface area (Å²) in [6, 6.07) is 4.53.